The summed E-state index contributed by atoms with van der Waals surface area (Å²) in [5, 5.41) is 3.46. The Morgan fingerprint density at radius 2 is 2.16 bits per heavy atom. The fraction of sp³-hybridized carbons (Fsp3) is 0.600. The number of nitrogens with one attached hydrogen (secondary N) is 1. The monoisotopic (exact) mass is 268 g/mol. The normalized spacial score (nSPS) is 24.6. The zero-order chi connectivity index (χ0) is 13.8. The summed E-state index contributed by atoms with van der Waals surface area (Å²) in [6, 6.07) is 4.71. The molecule has 0 spiro atoms. The second-order valence-electron chi connectivity index (χ2n) is 5.42. The van der Waals surface area contributed by atoms with Crippen molar-refractivity contribution in [2.24, 2.45) is 0 Å². The van der Waals surface area contributed by atoms with Crippen LogP contribution in [0.2, 0.25) is 0 Å². The highest BCUT2D eigenvalue weighted by atomic mass is 19.1. The average molecular weight is 268 g/mol. The standard InChI is InChI=1S/C15H22F2N2/c1-3-4-14-8-18-11(2)9-19(14)10-12-5-6-13(16)7-15(12)17/h5-7,11,14,18H,3-4,8-10H2,1-2H3. The van der Waals surface area contributed by atoms with E-state index in [4.69, 9.17) is 0 Å². The van der Waals surface area contributed by atoms with Gasteiger partial charge in [-0.25, -0.2) is 8.78 Å². The lowest BCUT2D eigenvalue weighted by atomic mass is 10.0. The van der Waals surface area contributed by atoms with Gasteiger partial charge in [-0.15, -0.1) is 0 Å². The van der Waals surface area contributed by atoms with Crippen molar-refractivity contribution in [3.63, 3.8) is 0 Å². The highest BCUT2D eigenvalue weighted by Crippen LogP contribution is 2.18. The number of hydrogen-bond acceptors (Lipinski definition) is 2. The van der Waals surface area contributed by atoms with Gasteiger partial charge in [-0.1, -0.05) is 19.4 Å². The van der Waals surface area contributed by atoms with Crippen LogP contribution in [0, 0.1) is 11.6 Å². The third-order valence-electron chi connectivity index (χ3n) is 3.74. The van der Waals surface area contributed by atoms with E-state index in [9.17, 15) is 8.78 Å². The maximum Gasteiger partial charge on any atom is 0.130 e. The molecule has 1 N–H and O–H groups in total. The van der Waals surface area contributed by atoms with Crippen LogP contribution in [0.1, 0.15) is 32.3 Å². The van der Waals surface area contributed by atoms with Crippen molar-refractivity contribution in [1.82, 2.24) is 10.2 Å². The van der Waals surface area contributed by atoms with Gasteiger partial charge in [-0.3, -0.25) is 4.90 Å². The molecule has 106 valence electrons. The quantitative estimate of drug-likeness (QED) is 0.903. The van der Waals surface area contributed by atoms with Gasteiger partial charge in [0.2, 0.25) is 0 Å². The number of benzene rings is 1. The summed E-state index contributed by atoms with van der Waals surface area (Å²) in [5.41, 5.74) is 0.580. The maximum atomic E-state index is 13.7. The molecule has 1 saturated heterocycles. The van der Waals surface area contributed by atoms with Gasteiger partial charge in [0.25, 0.3) is 0 Å². The Hall–Kier alpha value is -1.00. The first-order chi connectivity index (χ1) is 9.10. The van der Waals surface area contributed by atoms with E-state index in [1.807, 2.05) is 0 Å². The minimum absolute atomic E-state index is 0.414. The first kappa shape index (κ1) is 14.4. The molecule has 0 bridgehead atoms. The summed E-state index contributed by atoms with van der Waals surface area (Å²) >= 11 is 0. The van der Waals surface area contributed by atoms with Gasteiger partial charge >= 0.3 is 0 Å². The minimum Gasteiger partial charge on any atom is -0.311 e. The molecular formula is C15H22F2N2. The van der Waals surface area contributed by atoms with Crippen LogP contribution in [0.25, 0.3) is 0 Å². The molecule has 1 aromatic rings. The summed E-state index contributed by atoms with van der Waals surface area (Å²) in [6.45, 7) is 6.70. The molecule has 0 amide bonds. The molecule has 2 atom stereocenters. The lowest BCUT2D eigenvalue weighted by Gasteiger charge is -2.39. The molecule has 0 aromatic heterocycles. The molecule has 2 nitrogen and oxygen atoms in total. The van der Waals surface area contributed by atoms with Crippen LogP contribution in [0.4, 0.5) is 8.78 Å². The Kier molecular flexibility index (Phi) is 4.88. The summed E-state index contributed by atoms with van der Waals surface area (Å²) in [4.78, 5) is 2.31. The van der Waals surface area contributed by atoms with Crippen LogP contribution < -0.4 is 5.32 Å². The van der Waals surface area contributed by atoms with Gasteiger partial charge in [0.05, 0.1) is 0 Å². The predicted molar refractivity (Wildman–Crippen MR) is 72.9 cm³/mol. The highest BCUT2D eigenvalue weighted by molar-refractivity contribution is 5.18. The summed E-state index contributed by atoms with van der Waals surface area (Å²) in [7, 11) is 0. The molecule has 2 rings (SSSR count). The van der Waals surface area contributed by atoms with Gasteiger partial charge in [-0.05, 0) is 19.4 Å². The smallest absolute Gasteiger partial charge is 0.130 e. The third-order valence-corrected chi connectivity index (χ3v) is 3.74. The maximum absolute atomic E-state index is 13.7. The summed E-state index contributed by atoms with van der Waals surface area (Å²) < 4.78 is 26.7. The largest absolute Gasteiger partial charge is 0.311 e. The van der Waals surface area contributed by atoms with Gasteiger partial charge in [0, 0.05) is 43.3 Å². The van der Waals surface area contributed by atoms with E-state index in [1.165, 1.54) is 6.07 Å². The van der Waals surface area contributed by atoms with Gasteiger partial charge < -0.3 is 5.32 Å². The fourth-order valence-electron chi connectivity index (χ4n) is 2.71. The first-order valence-electron chi connectivity index (χ1n) is 7.01. The van der Waals surface area contributed by atoms with Crippen LogP contribution in [0.15, 0.2) is 18.2 Å². The molecule has 19 heavy (non-hydrogen) atoms. The van der Waals surface area contributed by atoms with E-state index in [-0.39, 0.29) is 0 Å². The zero-order valence-corrected chi connectivity index (χ0v) is 11.6. The molecule has 1 aliphatic rings. The molecule has 0 aliphatic carbocycles. The Labute approximate surface area is 113 Å². The van der Waals surface area contributed by atoms with E-state index in [0.717, 1.165) is 32.0 Å². The zero-order valence-electron chi connectivity index (χ0n) is 11.6. The average Bonchev–Trinajstić information content (AvgIpc) is 2.36. The highest BCUT2D eigenvalue weighted by Gasteiger charge is 2.25. The topological polar surface area (TPSA) is 15.3 Å². The van der Waals surface area contributed by atoms with Crippen LogP contribution in [-0.4, -0.2) is 30.1 Å². The van der Waals surface area contributed by atoms with Gasteiger partial charge in [0.15, 0.2) is 0 Å². The molecule has 1 aliphatic heterocycles. The molecule has 1 heterocycles. The van der Waals surface area contributed by atoms with Gasteiger partial charge in [-0.2, -0.15) is 0 Å². The fourth-order valence-corrected chi connectivity index (χ4v) is 2.71. The molecule has 0 saturated carbocycles. The predicted octanol–water partition coefficient (Wildman–Crippen LogP) is 2.93. The number of rotatable bonds is 4. The van der Waals surface area contributed by atoms with Crippen molar-refractivity contribution in [3.05, 3.63) is 35.4 Å². The molecule has 0 radical (unpaired) electrons. The van der Waals surface area contributed by atoms with Crippen molar-refractivity contribution in [3.8, 4) is 0 Å². The van der Waals surface area contributed by atoms with E-state index < -0.39 is 11.6 Å². The Morgan fingerprint density at radius 3 is 2.84 bits per heavy atom. The van der Waals surface area contributed by atoms with Crippen molar-refractivity contribution in [1.29, 1.82) is 0 Å². The first-order valence-corrected chi connectivity index (χ1v) is 7.01. The molecule has 2 unspecified atom stereocenters. The van der Waals surface area contributed by atoms with E-state index in [0.29, 0.717) is 24.2 Å². The van der Waals surface area contributed by atoms with Crippen molar-refractivity contribution >= 4 is 0 Å². The summed E-state index contributed by atoms with van der Waals surface area (Å²) in [5.74, 6) is -0.957. The second kappa shape index (κ2) is 6.44. The Balaban J connectivity index is 2.09. The van der Waals surface area contributed by atoms with Crippen LogP contribution in [0.3, 0.4) is 0 Å². The SMILES string of the molecule is CCCC1CNC(C)CN1Cc1ccc(F)cc1F. The molecule has 4 heteroatoms. The molecular weight excluding hydrogens is 246 g/mol. The van der Waals surface area contributed by atoms with Gasteiger partial charge in [0.1, 0.15) is 11.6 Å². The molecule has 1 aromatic carbocycles. The number of halogens is 2. The Morgan fingerprint density at radius 1 is 1.37 bits per heavy atom. The van der Waals surface area contributed by atoms with Crippen LogP contribution >= 0.6 is 0 Å². The minimum atomic E-state index is -0.514. The van der Waals surface area contributed by atoms with Crippen LogP contribution in [-0.2, 0) is 6.54 Å². The third kappa shape index (κ3) is 3.74. The van der Waals surface area contributed by atoms with Crippen molar-refractivity contribution in [2.75, 3.05) is 13.1 Å². The van der Waals surface area contributed by atoms with E-state index in [2.05, 4.69) is 24.1 Å². The lowest BCUT2D eigenvalue weighted by molar-refractivity contribution is 0.118. The molecule has 1 fully saturated rings. The van der Waals surface area contributed by atoms with Crippen molar-refractivity contribution in [2.45, 2.75) is 45.3 Å². The van der Waals surface area contributed by atoms with E-state index >= 15 is 0 Å². The summed E-state index contributed by atoms with van der Waals surface area (Å²) in [6.07, 6.45) is 2.21. The van der Waals surface area contributed by atoms with Crippen molar-refractivity contribution < 1.29 is 8.78 Å². The van der Waals surface area contributed by atoms with E-state index in [1.54, 1.807) is 6.07 Å². The Bertz CT molecular complexity index is 423. The number of nitrogens with zero attached hydrogens (tertiary/aromatic N) is 1. The number of hydrogen-bond donors (Lipinski definition) is 1. The lowest BCUT2D eigenvalue weighted by Crippen LogP contribution is -2.54. The van der Waals surface area contributed by atoms with Crippen LogP contribution in [0.5, 0.6) is 0 Å². The second-order valence-corrected chi connectivity index (χ2v) is 5.42. The number of piperazine rings is 1.